The van der Waals surface area contributed by atoms with Crippen LogP contribution in [0.15, 0.2) is 36.4 Å². The molecule has 0 fully saturated rings. The maximum atomic E-state index is 13.0. The van der Waals surface area contributed by atoms with Gasteiger partial charge in [0.15, 0.2) is 0 Å². The molecule has 0 aliphatic carbocycles. The Morgan fingerprint density at radius 1 is 1.29 bits per heavy atom. The Morgan fingerprint density at radius 3 is 2.57 bits per heavy atom. The van der Waals surface area contributed by atoms with E-state index in [-0.39, 0.29) is 5.75 Å². The molecule has 2 rings (SSSR count). The molecule has 6 nitrogen and oxygen atoms in total. The van der Waals surface area contributed by atoms with Crippen LogP contribution in [0.5, 0.6) is 11.5 Å². The SMILES string of the molecule is Cc1cc(F)ccc1Oc1ccc(C(=O)O)c([N+](=O)[O-])c1. The molecular weight excluding hydrogens is 281 g/mol. The number of benzene rings is 2. The lowest BCUT2D eigenvalue weighted by Gasteiger charge is -2.09. The number of aryl methyl sites for hydroxylation is 1. The Labute approximate surface area is 118 Å². The number of nitro benzene ring substituents is 1. The fourth-order valence-corrected chi connectivity index (χ4v) is 1.76. The first-order chi connectivity index (χ1) is 9.88. The van der Waals surface area contributed by atoms with Gasteiger partial charge in [-0.15, -0.1) is 0 Å². The number of rotatable bonds is 4. The van der Waals surface area contributed by atoms with Crippen molar-refractivity contribution in [3.8, 4) is 11.5 Å². The summed E-state index contributed by atoms with van der Waals surface area (Å²) in [6.07, 6.45) is 0. The summed E-state index contributed by atoms with van der Waals surface area (Å²) in [7, 11) is 0. The van der Waals surface area contributed by atoms with Crippen LogP contribution in [0, 0.1) is 22.9 Å². The average molecular weight is 291 g/mol. The van der Waals surface area contributed by atoms with Crippen molar-refractivity contribution in [1.82, 2.24) is 0 Å². The lowest BCUT2D eigenvalue weighted by Crippen LogP contribution is -2.02. The van der Waals surface area contributed by atoms with E-state index in [1.165, 1.54) is 24.3 Å². The quantitative estimate of drug-likeness (QED) is 0.687. The summed E-state index contributed by atoms with van der Waals surface area (Å²) in [5, 5.41) is 19.8. The van der Waals surface area contributed by atoms with Gasteiger partial charge in [-0.05, 0) is 42.8 Å². The molecule has 0 bridgehead atoms. The predicted molar refractivity (Wildman–Crippen MR) is 71.3 cm³/mol. The van der Waals surface area contributed by atoms with Crippen molar-refractivity contribution in [2.75, 3.05) is 0 Å². The number of carboxylic acids is 1. The summed E-state index contributed by atoms with van der Waals surface area (Å²) in [5.74, 6) is -1.39. The van der Waals surface area contributed by atoms with Gasteiger partial charge in [0.05, 0.1) is 11.0 Å². The zero-order chi connectivity index (χ0) is 15.6. The van der Waals surface area contributed by atoms with Crippen molar-refractivity contribution < 1.29 is 24.0 Å². The molecule has 0 aromatic heterocycles. The van der Waals surface area contributed by atoms with Crippen molar-refractivity contribution in [3.63, 3.8) is 0 Å². The Bertz CT molecular complexity index is 729. The number of hydrogen-bond donors (Lipinski definition) is 1. The highest BCUT2D eigenvalue weighted by molar-refractivity contribution is 5.92. The van der Waals surface area contributed by atoms with Crippen molar-refractivity contribution in [3.05, 3.63) is 63.5 Å². The molecule has 7 heteroatoms. The van der Waals surface area contributed by atoms with Gasteiger partial charge in [-0.1, -0.05) is 0 Å². The second-order valence-electron chi connectivity index (χ2n) is 4.25. The van der Waals surface area contributed by atoms with Crippen molar-refractivity contribution in [2.24, 2.45) is 0 Å². The summed E-state index contributed by atoms with van der Waals surface area (Å²) in [4.78, 5) is 21.0. The molecule has 2 aromatic carbocycles. The van der Waals surface area contributed by atoms with Gasteiger partial charge in [-0.3, -0.25) is 10.1 Å². The average Bonchev–Trinajstić information content (AvgIpc) is 2.41. The second kappa shape index (κ2) is 5.58. The minimum atomic E-state index is -1.40. The fraction of sp³-hybridized carbons (Fsp3) is 0.0714. The molecule has 0 saturated heterocycles. The predicted octanol–water partition coefficient (Wildman–Crippen LogP) is 3.53. The lowest BCUT2D eigenvalue weighted by molar-refractivity contribution is -0.385. The topological polar surface area (TPSA) is 89.7 Å². The Hall–Kier alpha value is -2.96. The van der Waals surface area contributed by atoms with Crippen LogP contribution in [0.25, 0.3) is 0 Å². The summed E-state index contributed by atoms with van der Waals surface area (Å²) >= 11 is 0. The molecule has 0 aliphatic heterocycles. The summed E-state index contributed by atoms with van der Waals surface area (Å²) in [5.41, 5.74) is -0.483. The number of carbonyl (C=O) groups is 1. The number of hydrogen-bond acceptors (Lipinski definition) is 4. The van der Waals surface area contributed by atoms with Gasteiger partial charge in [0.2, 0.25) is 0 Å². The van der Waals surface area contributed by atoms with Gasteiger partial charge in [0, 0.05) is 0 Å². The van der Waals surface area contributed by atoms with Crippen LogP contribution in [0.2, 0.25) is 0 Å². The molecule has 0 atom stereocenters. The minimum Gasteiger partial charge on any atom is -0.477 e. The van der Waals surface area contributed by atoms with E-state index in [1.54, 1.807) is 6.92 Å². The molecule has 0 spiro atoms. The standard InChI is InChI=1S/C14H10FNO5/c1-8-6-9(15)2-5-13(8)21-10-3-4-11(14(17)18)12(7-10)16(19)20/h2-7H,1H3,(H,17,18). The van der Waals surface area contributed by atoms with E-state index < -0.39 is 28.0 Å². The maximum Gasteiger partial charge on any atom is 0.342 e. The van der Waals surface area contributed by atoms with Gasteiger partial charge in [-0.2, -0.15) is 0 Å². The van der Waals surface area contributed by atoms with Crippen molar-refractivity contribution in [1.29, 1.82) is 0 Å². The molecular formula is C14H10FNO5. The third kappa shape index (κ3) is 3.14. The van der Waals surface area contributed by atoms with E-state index in [0.717, 1.165) is 12.1 Å². The van der Waals surface area contributed by atoms with E-state index >= 15 is 0 Å². The molecule has 2 aromatic rings. The Balaban J connectivity index is 2.39. The Morgan fingerprint density at radius 2 is 2.00 bits per heavy atom. The van der Waals surface area contributed by atoms with Crippen molar-refractivity contribution in [2.45, 2.75) is 6.92 Å². The maximum absolute atomic E-state index is 13.0. The molecule has 0 radical (unpaired) electrons. The van der Waals surface area contributed by atoms with E-state index in [1.807, 2.05) is 0 Å². The third-order valence-corrected chi connectivity index (χ3v) is 2.76. The van der Waals surface area contributed by atoms with Gasteiger partial charge >= 0.3 is 5.97 Å². The summed E-state index contributed by atoms with van der Waals surface area (Å²) < 4.78 is 18.4. The van der Waals surface area contributed by atoms with Gasteiger partial charge in [0.1, 0.15) is 22.9 Å². The summed E-state index contributed by atoms with van der Waals surface area (Å²) in [6, 6.07) is 7.26. The number of carboxylic acid groups (broad SMARTS) is 1. The lowest BCUT2D eigenvalue weighted by atomic mass is 10.1. The minimum absolute atomic E-state index is 0.0985. The molecule has 21 heavy (non-hydrogen) atoms. The molecule has 0 unspecified atom stereocenters. The van der Waals surface area contributed by atoms with E-state index in [9.17, 15) is 19.3 Å². The zero-order valence-electron chi connectivity index (χ0n) is 10.9. The molecule has 0 heterocycles. The molecule has 1 N–H and O–H groups in total. The highest BCUT2D eigenvalue weighted by Gasteiger charge is 2.20. The highest BCUT2D eigenvalue weighted by atomic mass is 19.1. The van der Waals surface area contributed by atoms with Gasteiger partial charge in [0.25, 0.3) is 5.69 Å². The molecule has 0 aliphatic rings. The first-order valence-electron chi connectivity index (χ1n) is 5.84. The van der Waals surface area contributed by atoms with Crippen LogP contribution in [0.1, 0.15) is 15.9 Å². The first-order valence-corrected chi connectivity index (χ1v) is 5.84. The normalized spacial score (nSPS) is 10.2. The monoisotopic (exact) mass is 291 g/mol. The molecule has 0 amide bonds. The van der Waals surface area contributed by atoms with E-state index in [0.29, 0.717) is 11.3 Å². The molecule has 108 valence electrons. The fourth-order valence-electron chi connectivity index (χ4n) is 1.76. The summed E-state index contributed by atoms with van der Waals surface area (Å²) in [6.45, 7) is 1.62. The van der Waals surface area contributed by atoms with Crippen LogP contribution >= 0.6 is 0 Å². The number of aromatic carboxylic acids is 1. The van der Waals surface area contributed by atoms with Crippen LogP contribution < -0.4 is 4.74 Å². The van der Waals surface area contributed by atoms with Crippen LogP contribution in [0.4, 0.5) is 10.1 Å². The first kappa shape index (κ1) is 14.4. The third-order valence-electron chi connectivity index (χ3n) is 2.76. The number of ether oxygens (including phenoxy) is 1. The van der Waals surface area contributed by atoms with Gasteiger partial charge in [-0.25, -0.2) is 9.18 Å². The van der Waals surface area contributed by atoms with Crippen molar-refractivity contribution >= 4 is 11.7 Å². The Kier molecular flexibility index (Phi) is 3.84. The largest absolute Gasteiger partial charge is 0.477 e. The van der Waals surface area contributed by atoms with E-state index in [2.05, 4.69) is 0 Å². The highest BCUT2D eigenvalue weighted by Crippen LogP contribution is 2.30. The van der Waals surface area contributed by atoms with Crippen LogP contribution in [0.3, 0.4) is 0 Å². The zero-order valence-corrected chi connectivity index (χ0v) is 10.9. The smallest absolute Gasteiger partial charge is 0.342 e. The van der Waals surface area contributed by atoms with Gasteiger partial charge < -0.3 is 9.84 Å². The number of nitro groups is 1. The van der Waals surface area contributed by atoms with Crippen LogP contribution in [-0.4, -0.2) is 16.0 Å². The van der Waals surface area contributed by atoms with Crippen LogP contribution in [-0.2, 0) is 0 Å². The van der Waals surface area contributed by atoms with E-state index in [4.69, 9.17) is 9.84 Å². The number of halogens is 1. The second-order valence-corrected chi connectivity index (χ2v) is 4.25. The molecule has 0 saturated carbocycles. The number of nitrogens with zero attached hydrogens (tertiary/aromatic N) is 1.